The van der Waals surface area contributed by atoms with Crippen molar-refractivity contribution in [2.75, 3.05) is 49.6 Å². The lowest BCUT2D eigenvalue weighted by Crippen LogP contribution is -2.58. The van der Waals surface area contributed by atoms with Crippen LogP contribution in [0.5, 0.6) is 6.01 Å². The molecule has 40 heavy (non-hydrogen) atoms. The lowest BCUT2D eigenvalue weighted by Gasteiger charge is -2.46. The molecule has 6 rings (SSSR count). The quantitative estimate of drug-likeness (QED) is 0.512. The second-order valence-electron chi connectivity index (χ2n) is 12.2. The Balaban J connectivity index is 1.30. The van der Waals surface area contributed by atoms with Crippen LogP contribution in [0, 0.1) is 0 Å². The highest BCUT2D eigenvalue weighted by Gasteiger charge is 2.36. The lowest BCUT2D eigenvalue weighted by molar-refractivity contribution is -0.128. The van der Waals surface area contributed by atoms with Crippen LogP contribution in [-0.4, -0.2) is 89.7 Å². The van der Waals surface area contributed by atoms with Crippen LogP contribution in [0.3, 0.4) is 0 Å². The average Bonchev–Trinajstić information content (AvgIpc) is 3.39. The maximum atomic E-state index is 12.5. The Bertz CT molecular complexity index is 1250. The van der Waals surface area contributed by atoms with Crippen LogP contribution in [0.1, 0.15) is 56.4 Å². The van der Waals surface area contributed by atoms with Gasteiger partial charge in [0, 0.05) is 61.5 Å². The summed E-state index contributed by atoms with van der Waals surface area (Å²) >= 11 is 0. The van der Waals surface area contributed by atoms with Gasteiger partial charge in [0.15, 0.2) is 0 Å². The molecule has 214 valence electrons. The first-order valence-corrected chi connectivity index (χ1v) is 15.2. The van der Waals surface area contributed by atoms with E-state index in [-0.39, 0.29) is 18.0 Å². The van der Waals surface area contributed by atoms with Crippen LogP contribution in [0.2, 0.25) is 0 Å². The van der Waals surface area contributed by atoms with Gasteiger partial charge in [-0.2, -0.15) is 9.97 Å². The number of benzene rings is 1. The average molecular weight is 545 g/mol. The smallest absolute Gasteiger partial charge is 0.318 e. The summed E-state index contributed by atoms with van der Waals surface area (Å²) in [5, 5.41) is 0. The zero-order valence-corrected chi connectivity index (χ0v) is 24.4. The number of hydrogen-bond acceptors (Lipinski definition) is 7. The largest absolute Gasteiger partial charge is 0.462 e. The van der Waals surface area contributed by atoms with Gasteiger partial charge in [-0.3, -0.25) is 4.79 Å². The first kappa shape index (κ1) is 27.1. The van der Waals surface area contributed by atoms with Gasteiger partial charge in [0.25, 0.3) is 0 Å². The number of anilines is 2. The normalized spacial score (nSPS) is 26.8. The highest BCUT2D eigenvalue weighted by atomic mass is 16.5. The van der Waals surface area contributed by atoms with E-state index in [1.807, 2.05) is 4.90 Å². The topological polar surface area (TPSA) is 65.0 Å². The summed E-state index contributed by atoms with van der Waals surface area (Å²) in [6.45, 7) is 12.2. The van der Waals surface area contributed by atoms with E-state index in [1.54, 1.807) is 0 Å². The number of hydrogen-bond donors (Lipinski definition) is 0. The number of ether oxygens (including phenoxy) is 1. The van der Waals surface area contributed by atoms with Crippen molar-refractivity contribution in [3.8, 4) is 6.01 Å². The van der Waals surface area contributed by atoms with Crippen molar-refractivity contribution in [3.63, 3.8) is 0 Å². The maximum Gasteiger partial charge on any atom is 0.318 e. The van der Waals surface area contributed by atoms with E-state index in [4.69, 9.17) is 14.7 Å². The number of rotatable bonds is 6. The van der Waals surface area contributed by atoms with Crippen molar-refractivity contribution in [1.29, 1.82) is 0 Å². The van der Waals surface area contributed by atoms with Crippen LogP contribution < -0.4 is 14.5 Å². The molecule has 4 heterocycles. The van der Waals surface area contributed by atoms with Gasteiger partial charge in [-0.1, -0.05) is 24.8 Å². The summed E-state index contributed by atoms with van der Waals surface area (Å²) in [7, 11) is 2.17. The molecule has 8 nitrogen and oxygen atoms in total. The molecule has 0 N–H and O–H groups in total. The Labute approximate surface area is 239 Å². The van der Waals surface area contributed by atoms with Crippen molar-refractivity contribution in [1.82, 2.24) is 19.8 Å². The van der Waals surface area contributed by atoms with E-state index in [0.29, 0.717) is 31.2 Å². The Kier molecular flexibility index (Phi) is 7.71. The molecular weight excluding hydrogens is 500 g/mol. The van der Waals surface area contributed by atoms with Gasteiger partial charge < -0.3 is 24.3 Å². The van der Waals surface area contributed by atoms with Crippen LogP contribution >= 0.6 is 0 Å². The van der Waals surface area contributed by atoms with Gasteiger partial charge in [-0.15, -0.1) is 0 Å². The summed E-state index contributed by atoms with van der Waals surface area (Å²) in [6.07, 6.45) is 9.08. The molecule has 4 aliphatic rings. The third kappa shape index (κ3) is 5.18. The molecule has 2 unspecified atom stereocenters. The third-order valence-corrected chi connectivity index (χ3v) is 9.59. The Morgan fingerprint density at radius 1 is 1.05 bits per heavy atom. The third-order valence-electron chi connectivity index (χ3n) is 9.59. The predicted octanol–water partition coefficient (Wildman–Crippen LogP) is 3.87. The molecule has 2 aromatic rings. The summed E-state index contributed by atoms with van der Waals surface area (Å²) in [5.74, 6) is 1.00. The minimum atomic E-state index is -0.00178. The van der Waals surface area contributed by atoms with E-state index in [1.165, 1.54) is 35.7 Å². The molecule has 2 fully saturated rings. The van der Waals surface area contributed by atoms with Crippen LogP contribution in [0.25, 0.3) is 0 Å². The molecule has 1 aromatic heterocycles. The summed E-state index contributed by atoms with van der Waals surface area (Å²) in [4.78, 5) is 32.0. The summed E-state index contributed by atoms with van der Waals surface area (Å²) in [5.41, 5.74) is 5.24. The molecular formula is C32H44N6O2. The number of fused-ring (bicyclic) bond motifs is 2. The van der Waals surface area contributed by atoms with Gasteiger partial charge in [0.2, 0.25) is 5.91 Å². The molecule has 2 saturated heterocycles. The molecule has 1 aromatic carbocycles. The van der Waals surface area contributed by atoms with Gasteiger partial charge in [-0.05, 0) is 83.7 Å². The highest BCUT2D eigenvalue weighted by Crippen LogP contribution is 2.37. The fourth-order valence-corrected chi connectivity index (χ4v) is 7.27. The second kappa shape index (κ2) is 11.4. The van der Waals surface area contributed by atoms with Crippen molar-refractivity contribution in [3.05, 3.63) is 53.7 Å². The van der Waals surface area contributed by atoms with Crippen LogP contribution in [-0.2, 0) is 24.1 Å². The van der Waals surface area contributed by atoms with Crippen molar-refractivity contribution in [2.24, 2.45) is 0 Å². The molecule has 8 heteroatoms. The number of amides is 1. The van der Waals surface area contributed by atoms with Crippen molar-refractivity contribution < 1.29 is 9.53 Å². The highest BCUT2D eigenvalue weighted by molar-refractivity contribution is 5.87. The van der Waals surface area contributed by atoms with E-state index >= 15 is 0 Å². The standard InChI is InChI=1S/C32H44N6O2/c1-5-30(39)37-19-23(3)38(20-22(37)2)31-27-15-14-25(36-17-8-11-24-10-6-7-13-29(24)36)18-28(27)33-32(34-31)40-21-26-12-9-16-35(26)4/h5-7,10,13,22-23,25-26H,1,8-9,11-12,14-21H2,2-4H3/t22-,23-,25?,26?/m0/s1. The molecule has 0 saturated carbocycles. The lowest BCUT2D eigenvalue weighted by atomic mass is 9.88. The summed E-state index contributed by atoms with van der Waals surface area (Å²) < 4.78 is 6.35. The minimum absolute atomic E-state index is 0.00178. The maximum absolute atomic E-state index is 12.5. The number of carbonyl (C=O) groups is 1. The van der Waals surface area contributed by atoms with E-state index in [2.05, 4.69) is 66.4 Å². The Hall–Kier alpha value is -3.13. The number of aromatic nitrogens is 2. The molecule has 1 aliphatic carbocycles. The van der Waals surface area contributed by atoms with Crippen molar-refractivity contribution in [2.45, 2.75) is 83.0 Å². The molecule has 0 spiro atoms. The predicted molar refractivity (Wildman–Crippen MR) is 159 cm³/mol. The molecule has 0 radical (unpaired) electrons. The summed E-state index contributed by atoms with van der Waals surface area (Å²) in [6, 6.07) is 10.4. The van der Waals surface area contributed by atoms with Gasteiger partial charge >= 0.3 is 6.01 Å². The van der Waals surface area contributed by atoms with E-state index in [0.717, 1.165) is 63.3 Å². The number of nitrogens with zero attached hydrogens (tertiary/aromatic N) is 6. The minimum Gasteiger partial charge on any atom is -0.462 e. The SMILES string of the molecule is C=CC(=O)N1C[C@H](C)N(c2nc(OCC3CCCN3C)nc3c2CCC(N2CCCc4ccccc42)C3)C[C@@H]1C. The number of piperazine rings is 1. The Morgan fingerprint density at radius 2 is 1.90 bits per heavy atom. The number of likely N-dealkylation sites (N-methyl/N-ethyl adjacent to an activating group) is 1. The van der Waals surface area contributed by atoms with E-state index in [9.17, 15) is 4.79 Å². The van der Waals surface area contributed by atoms with Gasteiger partial charge in [0.1, 0.15) is 12.4 Å². The fraction of sp³-hybridized carbons (Fsp3) is 0.594. The second-order valence-corrected chi connectivity index (χ2v) is 12.2. The number of carbonyl (C=O) groups excluding carboxylic acids is 1. The molecule has 3 aliphatic heterocycles. The van der Waals surface area contributed by atoms with Crippen molar-refractivity contribution >= 4 is 17.4 Å². The number of para-hydroxylation sites is 1. The molecule has 1 amide bonds. The Morgan fingerprint density at radius 3 is 2.70 bits per heavy atom. The molecule has 0 bridgehead atoms. The zero-order chi connectivity index (χ0) is 27.8. The van der Waals surface area contributed by atoms with Crippen LogP contribution in [0.15, 0.2) is 36.9 Å². The zero-order valence-electron chi connectivity index (χ0n) is 24.4. The number of aryl methyl sites for hydroxylation is 1. The van der Waals surface area contributed by atoms with E-state index < -0.39 is 0 Å². The van der Waals surface area contributed by atoms with Gasteiger partial charge in [-0.25, -0.2) is 0 Å². The first-order valence-electron chi connectivity index (χ1n) is 15.2. The van der Waals surface area contributed by atoms with Crippen LogP contribution in [0.4, 0.5) is 11.5 Å². The monoisotopic (exact) mass is 544 g/mol. The van der Waals surface area contributed by atoms with Gasteiger partial charge in [0.05, 0.1) is 5.69 Å². The first-order chi connectivity index (χ1) is 19.4. The number of likely N-dealkylation sites (tertiary alicyclic amines) is 1. The fourth-order valence-electron chi connectivity index (χ4n) is 7.27. The molecule has 4 atom stereocenters.